The lowest BCUT2D eigenvalue weighted by molar-refractivity contribution is 0.187. The van der Waals surface area contributed by atoms with Crippen LogP contribution < -0.4 is 5.32 Å². The molecule has 1 heterocycles. The van der Waals surface area contributed by atoms with Gasteiger partial charge in [0.15, 0.2) is 0 Å². The number of likely N-dealkylation sites (N-methyl/N-ethyl adjacent to an activating group) is 1. The highest BCUT2D eigenvalue weighted by Crippen LogP contribution is 2.28. The van der Waals surface area contributed by atoms with Crippen molar-refractivity contribution >= 4 is 11.8 Å². The van der Waals surface area contributed by atoms with Crippen LogP contribution in [0.4, 0.5) is 0 Å². The molecule has 0 aliphatic rings. The molecule has 0 saturated carbocycles. The van der Waals surface area contributed by atoms with Crippen molar-refractivity contribution in [1.29, 1.82) is 0 Å². The summed E-state index contributed by atoms with van der Waals surface area (Å²) >= 11 is 1.60. The summed E-state index contributed by atoms with van der Waals surface area (Å²) in [5.41, 5.74) is 0.609. The number of nitrogens with zero attached hydrogens (tertiary/aromatic N) is 2. The number of aliphatic hydroxyl groups is 1. The summed E-state index contributed by atoms with van der Waals surface area (Å²) in [6.45, 7) is 0.0333. The van der Waals surface area contributed by atoms with Crippen LogP contribution in [-0.4, -0.2) is 34.5 Å². The molecule has 1 atom stereocenters. The van der Waals surface area contributed by atoms with Gasteiger partial charge in [0.25, 0.3) is 0 Å². The monoisotopic (exact) mass is 275 g/mol. The minimum absolute atomic E-state index is 0.0333. The summed E-state index contributed by atoms with van der Waals surface area (Å²) in [5.74, 6) is 0.695. The summed E-state index contributed by atoms with van der Waals surface area (Å²) in [6.07, 6.45) is 3.25. The van der Waals surface area contributed by atoms with Crippen molar-refractivity contribution in [3.8, 4) is 0 Å². The van der Waals surface area contributed by atoms with Crippen LogP contribution in [0.3, 0.4) is 0 Å². The molecular weight excluding hydrogens is 258 g/mol. The van der Waals surface area contributed by atoms with E-state index >= 15 is 0 Å². The molecule has 2 N–H and O–H groups in total. The van der Waals surface area contributed by atoms with Gasteiger partial charge in [-0.25, -0.2) is 9.97 Å². The van der Waals surface area contributed by atoms with Crippen molar-refractivity contribution in [2.24, 2.45) is 0 Å². The number of aliphatic hydroxyl groups excluding tert-OH is 1. The third-order valence-electron chi connectivity index (χ3n) is 3.10. The van der Waals surface area contributed by atoms with Crippen molar-refractivity contribution in [2.45, 2.75) is 10.6 Å². The normalized spacial score (nSPS) is 14.0. The zero-order valence-electron chi connectivity index (χ0n) is 10.8. The fourth-order valence-corrected chi connectivity index (χ4v) is 2.91. The quantitative estimate of drug-likeness (QED) is 0.620. The van der Waals surface area contributed by atoms with Crippen LogP contribution in [0.15, 0.2) is 53.9 Å². The minimum Gasteiger partial charge on any atom is -0.394 e. The Labute approximate surface area is 117 Å². The van der Waals surface area contributed by atoms with E-state index in [-0.39, 0.29) is 6.61 Å². The summed E-state index contributed by atoms with van der Waals surface area (Å²) < 4.78 is 0. The lowest BCUT2D eigenvalue weighted by atomic mass is 9.93. The van der Waals surface area contributed by atoms with E-state index in [2.05, 4.69) is 15.3 Å². The summed E-state index contributed by atoms with van der Waals surface area (Å²) in [7, 11) is 1.86. The Morgan fingerprint density at radius 2 is 2.05 bits per heavy atom. The lowest BCUT2D eigenvalue weighted by Gasteiger charge is -2.31. The van der Waals surface area contributed by atoms with E-state index in [0.29, 0.717) is 5.75 Å². The Balaban J connectivity index is 2.16. The maximum absolute atomic E-state index is 9.80. The van der Waals surface area contributed by atoms with Gasteiger partial charge in [-0.1, -0.05) is 30.3 Å². The second-order valence-electron chi connectivity index (χ2n) is 4.19. The Morgan fingerprint density at radius 3 is 2.63 bits per heavy atom. The summed E-state index contributed by atoms with van der Waals surface area (Å²) in [5, 5.41) is 13.9. The summed E-state index contributed by atoms with van der Waals surface area (Å²) in [6, 6.07) is 11.8. The maximum atomic E-state index is 9.80. The van der Waals surface area contributed by atoms with Gasteiger partial charge in [-0.3, -0.25) is 0 Å². The summed E-state index contributed by atoms with van der Waals surface area (Å²) in [4.78, 5) is 8.09. The molecule has 1 aromatic carbocycles. The molecule has 0 fully saturated rings. The Hall–Kier alpha value is -1.43. The van der Waals surface area contributed by atoms with Crippen LogP contribution in [0.1, 0.15) is 5.56 Å². The van der Waals surface area contributed by atoms with E-state index in [0.717, 1.165) is 10.6 Å². The average molecular weight is 275 g/mol. The molecule has 1 unspecified atom stereocenters. The van der Waals surface area contributed by atoms with Crippen LogP contribution in [0.5, 0.6) is 0 Å². The highest BCUT2D eigenvalue weighted by atomic mass is 32.2. The molecule has 19 heavy (non-hydrogen) atoms. The molecule has 0 amide bonds. The van der Waals surface area contributed by atoms with Crippen molar-refractivity contribution in [2.75, 3.05) is 19.4 Å². The number of benzene rings is 1. The Bertz CT molecular complexity index is 489. The van der Waals surface area contributed by atoms with E-state index in [9.17, 15) is 5.11 Å². The van der Waals surface area contributed by atoms with Crippen molar-refractivity contribution < 1.29 is 5.11 Å². The predicted molar refractivity (Wildman–Crippen MR) is 77.0 cm³/mol. The molecule has 2 rings (SSSR count). The molecule has 100 valence electrons. The fraction of sp³-hybridized carbons (Fsp3) is 0.286. The number of thioether (sulfide) groups is 1. The zero-order valence-corrected chi connectivity index (χ0v) is 11.6. The number of rotatable bonds is 6. The highest BCUT2D eigenvalue weighted by molar-refractivity contribution is 7.99. The first-order valence-corrected chi connectivity index (χ1v) is 7.03. The average Bonchev–Trinajstić information content (AvgIpc) is 2.51. The second-order valence-corrected chi connectivity index (χ2v) is 5.19. The molecule has 1 aromatic heterocycles. The number of hydrogen-bond acceptors (Lipinski definition) is 5. The predicted octanol–water partition coefficient (Wildman–Crippen LogP) is 1.68. The lowest BCUT2D eigenvalue weighted by Crippen LogP contribution is -2.45. The maximum Gasteiger partial charge on any atom is 0.116 e. The number of nitrogens with one attached hydrogen (secondary N) is 1. The molecule has 5 heteroatoms. The first-order chi connectivity index (χ1) is 9.30. The molecule has 4 nitrogen and oxygen atoms in total. The topological polar surface area (TPSA) is 58.0 Å². The van der Waals surface area contributed by atoms with Crippen molar-refractivity contribution in [3.63, 3.8) is 0 Å². The van der Waals surface area contributed by atoms with E-state index < -0.39 is 5.54 Å². The Kier molecular flexibility index (Phi) is 4.90. The largest absolute Gasteiger partial charge is 0.394 e. The van der Waals surface area contributed by atoms with Gasteiger partial charge in [-0.2, -0.15) is 0 Å². The minimum atomic E-state index is -0.461. The van der Waals surface area contributed by atoms with E-state index in [1.807, 2.05) is 43.4 Å². The first kappa shape index (κ1) is 14.0. The smallest absolute Gasteiger partial charge is 0.116 e. The fourth-order valence-electron chi connectivity index (χ4n) is 1.83. The van der Waals surface area contributed by atoms with Crippen LogP contribution >= 0.6 is 11.8 Å². The van der Waals surface area contributed by atoms with Gasteiger partial charge in [0.1, 0.15) is 6.33 Å². The molecule has 0 aliphatic carbocycles. The van der Waals surface area contributed by atoms with Crippen LogP contribution in [0, 0.1) is 0 Å². The molecule has 0 radical (unpaired) electrons. The van der Waals surface area contributed by atoms with Gasteiger partial charge < -0.3 is 10.4 Å². The van der Waals surface area contributed by atoms with E-state index in [4.69, 9.17) is 0 Å². The van der Waals surface area contributed by atoms with Gasteiger partial charge in [0.2, 0.25) is 0 Å². The van der Waals surface area contributed by atoms with E-state index in [1.54, 1.807) is 18.0 Å². The van der Waals surface area contributed by atoms with Crippen LogP contribution in [-0.2, 0) is 5.54 Å². The van der Waals surface area contributed by atoms with E-state index in [1.165, 1.54) is 6.33 Å². The van der Waals surface area contributed by atoms with Gasteiger partial charge in [-0.15, -0.1) is 11.8 Å². The van der Waals surface area contributed by atoms with Gasteiger partial charge in [0, 0.05) is 11.9 Å². The second kappa shape index (κ2) is 6.65. The molecule has 0 bridgehead atoms. The molecule has 0 saturated heterocycles. The number of hydrogen-bond donors (Lipinski definition) is 2. The SMILES string of the molecule is CNC(CO)(CSc1ccncn1)c1ccccc1. The van der Waals surface area contributed by atoms with Gasteiger partial charge in [-0.05, 0) is 18.7 Å². The third kappa shape index (κ3) is 3.32. The van der Waals surface area contributed by atoms with Gasteiger partial charge >= 0.3 is 0 Å². The standard InChI is InChI=1S/C14H17N3OS/c1-15-14(9-18,12-5-3-2-4-6-12)10-19-13-7-8-16-11-17-13/h2-8,11,15,18H,9-10H2,1H3. The molecule has 2 aromatic rings. The molecule has 0 spiro atoms. The van der Waals surface area contributed by atoms with Crippen LogP contribution in [0.25, 0.3) is 0 Å². The van der Waals surface area contributed by atoms with Gasteiger partial charge in [0.05, 0.1) is 17.2 Å². The highest BCUT2D eigenvalue weighted by Gasteiger charge is 2.29. The van der Waals surface area contributed by atoms with Crippen molar-refractivity contribution in [1.82, 2.24) is 15.3 Å². The van der Waals surface area contributed by atoms with Crippen molar-refractivity contribution in [3.05, 3.63) is 54.5 Å². The van der Waals surface area contributed by atoms with Crippen LogP contribution in [0.2, 0.25) is 0 Å². The molecular formula is C14H17N3OS. The first-order valence-electron chi connectivity index (χ1n) is 6.05. The number of aromatic nitrogens is 2. The third-order valence-corrected chi connectivity index (χ3v) is 4.27. The zero-order chi connectivity index (χ0) is 13.6. The Morgan fingerprint density at radius 1 is 1.26 bits per heavy atom. The molecule has 0 aliphatic heterocycles.